The lowest BCUT2D eigenvalue weighted by Gasteiger charge is -2.23. The molecule has 0 aromatic rings. The number of urea groups is 1. The predicted molar refractivity (Wildman–Crippen MR) is 39.1 cm³/mol. The number of carbonyl (C=O) groups is 1. The average Bonchev–Trinajstić information content (AvgIpc) is 2.34. The summed E-state index contributed by atoms with van der Waals surface area (Å²) in [4.78, 5) is 20.2. The second-order valence-electron chi connectivity index (χ2n) is 2.25. The molecular formula is C5H7N5O. The van der Waals surface area contributed by atoms with Crippen molar-refractivity contribution in [2.75, 3.05) is 6.54 Å². The highest BCUT2D eigenvalue weighted by Gasteiger charge is 2.27. The van der Waals surface area contributed by atoms with Gasteiger partial charge in [0.1, 0.15) is 0 Å². The lowest BCUT2D eigenvalue weighted by Crippen LogP contribution is -2.53. The molecule has 0 spiro atoms. The number of guanidine groups is 1. The van der Waals surface area contributed by atoms with Gasteiger partial charge in [0.2, 0.25) is 5.96 Å². The number of hydrogen-bond acceptors (Lipinski definition) is 4. The number of carbonyl (C=O) groups excluding carboxylic acids is 1. The van der Waals surface area contributed by atoms with Crippen LogP contribution in [-0.4, -0.2) is 35.9 Å². The molecule has 2 aliphatic heterocycles. The number of rotatable bonds is 0. The van der Waals surface area contributed by atoms with Crippen LogP contribution in [0.4, 0.5) is 4.79 Å². The molecule has 0 aliphatic carbocycles. The number of nitrogens with zero attached hydrogens (tertiary/aromatic N) is 3. The van der Waals surface area contributed by atoms with Gasteiger partial charge in [-0.2, -0.15) is 0 Å². The minimum absolute atomic E-state index is 0.236. The van der Waals surface area contributed by atoms with E-state index in [0.717, 1.165) is 0 Å². The van der Waals surface area contributed by atoms with E-state index in [1.165, 1.54) is 4.90 Å². The molecule has 11 heavy (non-hydrogen) atoms. The van der Waals surface area contributed by atoms with E-state index in [4.69, 9.17) is 5.73 Å². The van der Waals surface area contributed by atoms with Crippen LogP contribution in [0.2, 0.25) is 0 Å². The van der Waals surface area contributed by atoms with Crippen molar-refractivity contribution in [1.82, 2.24) is 10.2 Å². The predicted octanol–water partition coefficient (Wildman–Crippen LogP) is -1.31. The third-order valence-electron chi connectivity index (χ3n) is 1.48. The fourth-order valence-electron chi connectivity index (χ4n) is 0.993. The monoisotopic (exact) mass is 153 g/mol. The molecule has 0 aromatic heterocycles. The number of amides is 2. The molecule has 0 radical (unpaired) electrons. The maximum atomic E-state index is 11.1. The highest BCUT2D eigenvalue weighted by molar-refractivity contribution is 6.06. The smallest absolute Gasteiger partial charge is 0.303 e. The summed E-state index contributed by atoms with van der Waals surface area (Å²) in [5.74, 6) is 0.404. The van der Waals surface area contributed by atoms with Gasteiger partial charge in [0.15, 0.2) is 6.29 Å². The first-order valence-electron chi connectivity index (χ1n) is 3.21. The van der Waals surface area contributed by atoms with E-state index in [9.17, 15) is 4.79 Å². The summed E-state index contributed by atoms with van der Waals surface area (Å²) in [5.41, 5.74) is 5.36. The van der Waals surface area contributed by atoms with Gasteiger partial charge in [-0.05, 0) is 0 Å². The van der Waals surface area contributed by atoms with Crippen LogP contribution in [0.5, 0.6) is 0 Å². The highest BCUT2D eigenvalue weighted by Crippen LogP contribution is 2.05. The third-order valence-corrected chi connectivity index (χ3v) is 1.48. The highest BCUT2D eigenvalue weighted by atomic mass is 16.2. The molecule has 58 valence electrons. The molecule has 0 fully saturated rings. The van der Waals surface area contributed by atoms with Crippen molar-refractivity contribution in [2.24, 2.45) is 15.7 Å². The molecule has 0 saturated heterocycles. The van der Waals surface area contributed by atoms with E-state index in [1.807, 2.05) is 0 Å². The van der Waals surface area contributed by atoms with E-state index < -0.39 is 6.29 Å². The summed E-state index contributed by atoms with van der Waals surface area (Å²) in [7, 11) is 0. The van der Waals surface area contributed by atoms with Gasteiger partial charge in [-0.25, -0.2) is 14.8 Å². The Bertz CT molecular complexity index is 258. The lowest BCUT2D eigenvalue weighted by atomic mass is 10.6. The number of hydrogen-bond donors (Lipinski definition) is 2. The molecule has 0 saturated carbocycles. The molecule has 3 N–H and O–H groups in total. The molecule has 2 heterocycles. The van der Waals surface area contributed by atoms with E-state index in [-0.39, 0.29) is 6.03 Å². The van der Waals surface area contributed by atoms with Crippen LogP contribution in [0.15, 0.2) is 9.98 Å². The first-order chi connectivity index (χ1) is 5.27. The second-order valence-corrected chi connectivity index (χ2v) is 2.25. The summed E-state index contributed by atoms with van der Waals surface area (Å²) in [6.45, 7) is 0.484. The molecular weight excluding hydrogens is 146 g/mol. The Morgan fingerprint density at radius 3 is 3.45 bits per heavy atom. The van der Waals surface area contributed by atoms with E-state index in [0.29, 0.717) is 12.5 Å². The van der Waals surface area contributed by atoms with Crippen LogP contribution >= 0.6 is 0 Å². The van der Waals surface area contributed by atoms with Gasteiger partial charge in [0, 0.05) is 6.21 Å². The van der Waals surface area contributed by atoms with Crippen LogP contribution in [0.1, 0.15) is 0 Å². The van der Waals surface area contributed by atoms with Gasteiger partial charge in [0.05, 0.1) is 6.54 Å². The van der Waals surface area contributed by atoms with Crippen molar-refractivity contribution in [2.45, 2.75) is 6.29 Å². The summed E-state index contributed by atoms with van der Waals surface area (Å²) < 4.78 is 0. The van der Waals surface area contributed by atoms with E-state index in [2.05, 4.69) is 15.3 Å². The van der Waals surface area contributed by atoms with Crippen molar-refractivity contribution in [3.05, 3.63) is 0 Å². The van der Waals surface area contributed by atoms with Crippen LogP contribution in [0, 0.1) is 0 Å². The number of nitrogens with two attached hydrogens (primary N) is 1. The molecule has 2 rings (SSSR count). The Morgan fingerprint density at radius 2 is 2.64 bits per heavy atom. The number of aliphatic imine (C=N–C) groups is 2. The Morgan fingerprint density at radius 1 is 1.82 bits per heavy atom. The first kappa shape index (κ1) is 6.29. The summed E-state index contributed by atoms with van der Waals surface area (Å²) in [5, 5.41) is 2.45. The van der Waals surface area contributed by atoms with Gasteiger partial charge >= 0.3 is 6.03 Å². The zero-order valence-electron chi connectivity index (χ0n) is 5.69. The molecule has 0 aromatic carbocycles. The van der Waals surface area contributed by atoms with Crippen LogP contribution < -0.4 is 11.1 Å². The van der Waals surface area contributed by atoms with Crippen molar-refractivity contribution >= 4 is 18.2 Å². The number of nitrogens with one attached hydrogen (secondary N) is 1. The largest absolute Gasteiger partial charge is 0.327 e. The van der Waals surface area contributed by atoms with Gasteiger partial charge < -0.3 is 5.32 Å². The average molecular weight is 153 g/mol. The van der Waals surface area contributed by atoms with E-state index >= 15 is 0 Å². The summed E-state index contributed by atoms with van der Waals surface area (Å²) in [6.07, 6.45) is 0.972. The van der Waals surface area contributed by atoms with Crippen molar-refractivity contribution < 1.29 is 4.79 Å². The molecule has 2 aliphatic rings. The molecule has 1 unspecified atom stereocenters. The topological polar surface area (TPSA) is 83.1 Å². The minimum Gasteiger partial charge on any atom is -0.303 e. The Kier molecular flexibility index (Phi) is 1.16. The standard InChI is InChI=1S/C5H7N5O/c6-3-8-4-7-1-2-10(4)5(11)9-3/h1,3H,2,6H2,(H,9,11). The zero-order chi connectivity index (χ0) is 7.84. The fourth-order valence-corrected chi connectivity index (χ4v) is 0.993. The quantitative estimate of drug-likeness (QED) is 0.453. The Labute approximate surface area is 62.8 Å². The Balaban J connectivity index is 2.32. The van der Waals surface area contributed by atoms with Crippen molar-refractivity contribution in [3.8, 4) is 0 Å². The van der Waals surface area contributed by atoms with Gasteiger partial charge in [-0.3, -0.25) is 10.6 Å². The van der Waals surface area contributed by atoms with Gasteiger partial charge in [0.25, 0.3) is 0 Å². The lowest BCUT2D eigenvalue weighted by molar-refractivity contribution is 0.217. The van der Waals surface area contributed by atoms with Crippen molar-refractivity contribution in [3.63, 3.8) is 0 Å². The third kappa shape index (κ3) is 0.874. The summed E-state index contributed by atoms with van der Waals surface area (Å²) in [6, 6.07) is -0.236. The number of fused-ring (bicyclic) bond motifs is 1. The second kappa shape index (κ2) is 2.03. The first-order valence-corrected chi connectivity index (χ1v) is 3.21. The SMILES string of the molecule is NC1N=C2N=CCN2C(=O)N1. The minimum atomic E-state index is -0.649. The molecule has 0 bridgehead atoms. The van der Waals surface area contributed by atoms with Crippen LogP contribution in [-0.2, 0) is 0 Å². The maximum absolute atomic E-state index is 11.1. The van der Waals surface area contributed by atoms with Crippen LogP contribution in [0.25, 0.3) is 0 Å². The normalized spacial score (nSPS) is 28.1. The fraction of sp³-hybridized carbons (Fsp3) is 0.400. The molecule has 1 atom stereocenters. The molecule has 6 heteroatoms. The summed E-state index contributed by atoms with van der Waals surface area (Å²) >= 11 is 0. The van der Waals surface area contributed by atoms with Crippen molar-refractivity contribution in [1.29, 1.82) is 0 Å². The Hall–Kier alpha value is -1.43. The zero-order valence-corrected chi connectivity index (χ0v) is 5.69. The molecule has 2 amide bonds. The maximum Gasteiger partial charge on any atom is 0.327 e. The van der Waals surface area contributed by atoms with Crippen LogP contribution in [0.3, 0.4) is 0 Å². The van der Waals surface area contributed by atoms with E-state index in [1.54, 1.807) is 6.21 Å². The molecule has 6 nitrogen and oxygen atoms in total. The van der Waals surface area contributed by atoms with Gasteiger partial charge in [-0.15, -0.1) is 0 Å². The van der Waals surface area contributed by atoms with Gasteiger partial charge in [-0.1, -0.05) is 0 Å².